The lowest BCUT2D eigenvalue weighted by atomic mass is 10.1. The molecule has 0 saturated heterocycles. The number of nitrogens with one attached hydrogen (secondary N) is 1. The van der Waals surface area contributed by atoms with Crippen LogP contribution in [0.4, 0.5) is 5.95 Å². The molecule has 4 rings (SSSR count). The number of para-hydroxylation sites is 1. The first-order chi connectivity index (χ1) is 17.8. The van der Waals surface area contributed by atoms with Crippen LogP contribution in [0.5, 0.6) is 17.4 Å². The molecule has 37 heavy (non-hydrogen) atoms. The van der Waals surface area contributed by atoms with Crippen molar-refractivity contribution in [2.24, 2.45) is 0 Å². The van der Waals surface area contributed by atoms with Gasteiger partial charge in [0.2, 0.25) is 21.9 Å². The zero-order chi connectivity index (χ0) is 26.6. The van der Waals surface area contributed by atoms with Crippen molar-refractivity contribution in [3.8, 4) is 34.5 Å². The minimum Gasteiger partial charge on any atom is -0.494 e. The fourth-order valence-corrected chi connectivity index (χ4v) is 4.94. The fourth-order valence-electron chi connectivity index (χ4n) is 3.69. The summed E-state index contributed by atoms with van der Waals surface area (Å²) in [6.45, 7) is 3.35. The third-order valence-electron chi connectivity index (χ3n) is 5.96. The number of anilines is 1. The molecule has 0 amide bonds. The Kier molecular flexibility index (Phi) is 7.53. The monoisotopic (exact) mass is 525 g/mol. The molecule has 2 atom stereocenters. The standard InChI is InChI=1S/C24H27N7O5S/c1-15(18-13-27-21(36-5)14-26-18)16(2)37(32,33)30-24-29-28-23(17-8-7-11-25-12-17)31(24)22-19(34-3)9-6-10-20(22)35-4/h6-16H,1-5H3,(H,29,30)/t15-,16+/m0/s1. The molecule has 0 aliphatic rings. The molecule has 0 spiro atoms. The largest absolute Gasteiger partial charge is 0.494 e. The van der Waals surface area contributed by atoms with Gasteiger partial charge in [-0.25, -0.2) is 13.4 Å². The second-order valence-electron chi connectivity index (χ2n) is 8.06. The highest BCUT2D eigenvalue weighted by Gasteiger charge is 2.32. The SMILES string of the molecule is COc1cnc([C@@H](C)[C@@H](C)S(=O)(=O)Nc2nnc(-c3cccnc3)n2-c2c(OC)cccc2OC)cn1. The van der Waals surface area contributed by atoms with Crippen molar-refractivity contribution in [2.45, 2.75) is 25.0 Å². The highest BCUT2D eigenvalue weighted by molar-refractivity contribution is 7.93. The number of nitrogens with zero attached hydrogens (tertiary/aromatic N) is 6. The van der Waals surface area contributed by atoms with E-state index in [2.05, 4.69) is 29.9 Å². The second kappa shape index (κ2) is 10.8. The number of pyridine rings is 1. The van der Waals surface area contributed by atoms with Gasteiger partial charge < -0.3 is 14.2 Å². The average molecular weight is 526 g/mol. The molecule has 4 aromatic rings. The summed E-state index contributed by atoms with van der Waals surface area (Å²) in [6.07, 6.45) is 6.18. The summed E-state index contributed by atoms with van der Waals surface area (Å²) in [5, 5.41) is 7.56. The van der Waals surface area contributed by atoms with Crippen molar-refractivity contribution < 1.29 is 22.6 Å². The van der Waals surface area contributed by atoms with Crippen LogP contribution < -0.4 is 18.9 Å². The Balaban J connectivity index is 1.79. The normalized spacial score (nSPS) is 13.0. The third-order valence-corrected chi connectivity index (χ3v) is 7.81. The van der Waals surface area contributed by atoms with Gasteiger partial charge in [0, 0.05) is 23.9 Å². The van der Waals surface area contributed by atoms with Crippen LogP contribution in [0.25, 0.3) is 17.1 Å². The van der Waals surface area contributed by atoms with E-state index in [1.165, 1.54) is 38.3 Å². The third kappa shape index (κ3) is 5.16. The van der Waals surface area contributed by atoms with Gasteiger partial charge in [-0.05, 0) is 31.2 Å². The molecule has 0 aliphatic carbocycles. The Hall–Kier alpha value is -4.26. The molecule has 3 aromatic heterocycles. The van der Waals surface area contributed by atoms with E-state index in [1.807, 2.05) is 0 Å². The lowest BCUT2D eigenvalue weighted by molar-refractivity contribution is 0.391. The highest BCUT2D eigenvalue weighted by atomic mass is 32.2. The molecular weight excluding hydrogens is 498 g/mol. The molecule has 13 heteroatoms. The predicted molar refractivity (Wildman–Crippen MR) is 137 cm³/mol. The van der Waals surface area contributed by atoms with E-state index in [9.17, 15) is 8.42 Å². The summed E-state index contributed by atoms with van der Waals surface area (Å²) in [5.74, 6) is 1.01. The van der Waals surface area contributed by atoms with Gasteiger partial charge in [0.15, 0.2) is 5.82 Å². The number of sulfonamides is 1. The molecule has 0 bridgehead atoms. The minimum absolute atomic E-state index is 0.0403. The topological polar surface area (TPSA) is 143 Å². The number of hydrogen-bond acceptors (Lipinski definition) is 10. The van der Waals surface area contributed by atoms with E-state index in [0.29, 0.717) is 40.1 Å². The average Bonchev–Trinajstić information content (AvgIpc) is 3.34. The fraction of sp³-hybridized carbons (Fsp3) is 0.292. The number of hydrogen-bond donors (Lipinski definition) is 1. The number of methoxy groups -OCH3 is 3. The zero-order valence-corrected chi connectivity index (χ0v) is 21.8. The van der Waals surface area contributed by atoms with E-state index < -0.39 is 21.2 Å². The van der Waals surface area contributed by atoms with Gasteiger partial charge in [0.1, 0.15) is 17.2 Å². The first kappa shape index (κ1) is 25.8. The van der Waals surface area contributed by atoms with Crippen LogP contribution in [-0.4, -0.2) is 64.7 Å². The van der Waals surface area contributed by atoms with Crippen LogP contribution in [0.3, 0.4) is 0 Å². The molecule has 194 valence electrons. The molecule has 3 heterocycles. The molecule has 0 saturated carbocycles. The lowest BCUT2D eigenvalue weighted by Crippen LogP contribution is -2.31. The van der Waals surface area contributed by atoms with Crippen molar-refractivity contribution in [2.75, 3.05) is 26.1 Å². The molecular formula is C24H27N7O5S. The maximum Gasteiger partial charge on any atom is 0.243 e. The Morgan fingerprint density at radius 1 is 0.892 bits per heavy atom. The van der Waals surface area contributed by atoms with Gasteiger partial charge in [0.25, 0.3) is 0 Å². The summed E-state index contributed by atoms with van der Waals surface area (Å²) in [6, 6.07) is 8.77. The molecule has 1 N–H and O–H groups in total. The summed E-state index contributed by atoms with van der Waals surface area (Å²) >= 11 is 0. The van der Waals surface area contributed by atoms with E-state index in [1.54, 1.807) is 56.6 Å². The van der Waals surface area contributed by atoms with Crippen molar-refractivity contribution >= 4 is 16.0 Å². The highest BCUT2D eigenvalue weighted by Crippen LogP contribution is 2.38. The summed E-state index contributed by atoms with van der Waals surface area (Å²) in [7, 11) is 0.518. The number of ether oxygens (including phenoxy) is 3. The van der Waals surface area contributed by atoms with Gasteiger partial charge in [0.05, 0.1) is 44.7 Å². The molecule has 0 aliphatic heterocycles. The predicted octanol–water partition coefficient (Wildman–Crippen LogP) is 3.08. The number of aromatic nitrogens is 6. The van der Waals surface area contributed by atoms with Gasteiger partial charge >= 0.3 is 0 Å². The van der Waals surface area contributed by atoms with Crippen LogP contribution in [0, 0.1) is 0 Å². The molecule has 0 unspecified atom stereocenters. The van der Waals surface area contributed by atoms with Crippen LogP contribution in [0.2, 0.25) is 0 Å². The summed E-state index contributed by atoms with van der Waals surface area (Å²) in [4.78, 5) is 12.6. The van der Waals surface area contributed by atoms with Gasteiger partial charge in [-0.1, -0.05) is 13.0 Å². The van der Waals surface area contributed by atoms with Crippen LogP contribution in [0.1, 0.15) is 25.5 Å². The Morgan fingerprint density at radius 3 is 2.19 bits per heavy atom. The Labute approximate surface area is 214 Å². The summed E-state index contributed by atoms with van der Waals surface area (Å²) < 4.78 is 47.4. The van der Waals surface area contributed by atoms with Crippen molar-refractivity contribution in [3.63, 3.8) is 0 Å². The van der Waals surface area contributed by atoms with Crippen LogP contribution >= 0.6 is 0 Å². The van der Waals surface area contributed by atoms with Gasteiger partial charge in [-0.3, -0.25) is 19.3 Å². The lowest BCUT2D eigenvalue weighted by Gasteiger charge is -2.21. The van der Waals surface area contributed by atoms with Crippen molar-refractivity contribution in [1.82, 2.24) is 29.7 Å². The first-order valence-electron chi connectivity index (χ1n) is 11.3. The number of benzene rings is 1. The zero-order valence-electron chi connectivity index (χ0n) is 21.0. The Bertz CT molecular complexity index is 1440. The summed E-state index contributed by atoms with van der Waals surface area (Å²) in [5.41, 5.74) is 1.54. The molecule has 1 aromatic carbocycles. The quantitative estimate of drug-likeness (QED) is 0.328. The number of rotatable bonds is 10. The van der Waals surface area contributed by atoms with Gasteiger partial charge in [-0.2, -0.15) is 0 Å². The van der Waals surface area contributed by atoms with Crippen molar-refractivity contribution in [3.05, 3.63) is 60.8 Å². The second-order valence-corrected chi connectivity index (χ2v) is 10.1. The van der Waals surface area contributed by atoms with E-state index in [0.717, 1.165) is 0 Å². The maximum absolute atomic E-state index is 13.5. The smallest absolute Gasteiger partial charge is 0.243 e. The first-order valence-corrected chi connectivity index (χ1v) is 12.8. The minimum atomic E-state index is -3.98. The van der Waals surface area contributed by atoms with Crippen LogP contribution in [-0.2, 0) is 10.0 Å². The van der Waals surface area contributed by atoms with E-state index in [-0.39, 0.29) is 5.95 Å². The van der Waals surface area contributed by atoms with Gasteiger partial charge in [-0.15, -0.1) is 10.2 Å². The van der Waals surface area contributed by atoms with Crippen molar-refractivity contribution in [1.29, 1.82) is 0 Å². The van der Waals surface area contributed by atoms with Crippen LogP contribution in [0.15, 0.2) is 55.1 Å². The molecule has 0 radical (unpaired) electrons. The molecule has 0 fully saturated rings. The maximum atomic E-state index is 13.5. The Morgan fingerprint density at radius 2 is 1.62 bits per heavy atom. The van der Waals surface area contributed by atoms with E-state index in [4.69, 9.17) is 14.2 Å². The van der Waals surface area contributed by atoms with E-state index >= 15 is 0 Å². The molecule has 12 nitrogen and oxygen atoms in total.